The number of thioether (sulfide) groups is 1. The SMILES string of the molecule is COc1ccc(S(=O)(=O)N2CCC3(CC2)OCCS3)cc1F. The second kappa shape index (κ2) is 5.99. The summed E-state index contributed by atoms with van der Waals surface area (Å²) in [7, 11) is -2.34. The Labute approximate surface area is 133 Å². The first-order valence-electron chi connectivity index (χ1n) is 7.08. The highest BCUT2D eigenvalue weighted by molar-refractivity contribution is 8.00. The lowest BCUT2D eigenvalue weighted by Gasteiger charge is -2.37. The first kappa shape index (κ1) is 16.0. The molecule has 2 heterocycles. The first-order valence-corrected chi connectivity index (χ1v) is 9.51. The van der Waals surface area contributed by atoms with Crippen LogP contribution in [0.1, 0.15) is 12.8 Å². The van der Waals surface area contributed by atoms with Crippen LogP contribution in [0.5, 0.6) is 5.75 Å². The van der Waals surface area contributed by atoms with Gasteiger partial charge in [-0.1, -0.05) is 0 Å². The molecule has 0 aromatic heterocycles. The molecule has 0 radical (unpaired) electrons. The summed E-state index contributed by atoms with van der Waals surface area (Å²) in [5, 5.41) is 0. The third-order valence-electron chi connectivity index (χ3n) is 4.06. The number of benzene rings is 1. The zero-order valence-electron chi connectivity index (χ0n) is 12.2. The fraction of sp³-hybridized carbons (Fsp3) is 0.571. The maximum Gasteiger partial charge on any atom is 0.243 e. The van der Waals surface area contributed by atoms with Gasteiger partial charge in [0, 0.05) is 18.8 Å². The summed E-state index contributed by atoms with van der Waals surface area (Å²) in [5.74, 6) is 0.315. The molecule has 0 N–H and O–H groups in total. The Morgan fingerprint density at radius 2 is 2.09 bits per heavy atom. The van der Waals surface area contributed by atoms with Gasteiger partial charge in [-0.3, -0.25) is 0 Å². The Morgan fingerprint density at radius 3 is 2.64 bits per heavy atom. The molecule has 0 bridgehead atoms. The molecule has 2 aliphatic rings. The largest absolute Gasteiger partial charge is 0.494 e. The van der Waals surface area contributed by atoms with Gasteiger partial charge in [0.05, 0.1) is 18.6 Å². The van der Waals surface area contributed by atoms with Crippen LogP contribution in [-0.2, 0) is 14.8 Å². The summed E-state index contributed by atoms with van der Waals surface area (Å²) in [5.41, 5.74) is 0. The fourth-order valence-corrected chi connectivity index (χ4v) is 5.44. The summed E-state index contributed by atoms with van der Waals surface area (Å²) >= 11 is 1.76. The van der Waals surface area contributed by atoms with Crippen molar-refractivity contribution in [2.24, 2.45) is 0 Å². The van der Waals surface area contributed by atoms with Gasteiger partial charge in [0.2, 0.25) is 10.0 Å². The summed E-state index contributed by atoms with van der Waals surface area (Å²) in [6.07, 6.45) is 1.32. The summed E-state index contributed by atoms with van der Waals surface area (Å²) in [6.45, 7) is 1.51. The molecule has 1 spiro atoms. The van der Waals surface area contributed by atoms with Crippen LogP contribution in [-0.4, -0.2) is 50.2 Å². The van der Waals surface area contributed by atoms with Gasteiger partial charge < -0.3 is 9.47 Å². The normalized spacial score (nSPS) is 22.1. The van der Waals surface area contributed by atoms with E-state index >= 15 is 0 Å². The molecule has 5 nitrogen and oxygen atoms in total. The first-order chi connectivity index (χ1) is 10.5. The highest BCUT2D eigenvalue weighted by atomic mass is 32.2. The van der Waals surface area contributed by atoms with Crippen molar-refractivity contribution in [1.29, 1.82) is 0 Å². The van der Waals surface area contributed by atoms with Gasteiger partial charge in [-0.2, -0.15) is 4.31 Å². The van der Waals surface area contributed by atoms with Crippen molar-refractivity contribution in [3.05, 3.63) is 24.0 Å². The maximum atomic E-state index is 13.8. The van der Waals surface area contributed by atoms with Gasteiger partial charge in [-0.25, -0.2) is 12.8 Å². The van der Waals surface area contributed by atoms with Crippen LogP contribution >= 0.6 is 11.8 Å². The van der Waals surface area contributed by atoms with E-state index in [1.807, 2.05) is 0 Å². The molecule has 2 fully saturated rings. The van der Waals surface area contributed by atoms with E-state index in [-0.39, 0.29) is 15.6 Å². The van der Waals surface area contributed by atoms with E-state index in [1.54, 1.807) is 11.8 Å². The van der Waals surface area contributed by atoms with Gasteiger partial charge in [-0.05, 0) is 31.0 Å². The second-order valence-electron chi connectivity index (χ2n) is 5.31. The van der Waals surface area contributed by atoms with Crippen LogP contribution in [0.15, 0.2) is 23.1 Å². The fourth-order valence-electron chi connectivity index (χ4n) is 2.81. The number of sulfonamides is 1. The number of rotatable bonds is 3. The average Bonchev–Trinajstić information content (AvgIpc) is 2.95. The Bertz CT molecular complexity index is 649. The zero-order chi connectivity index (χ0) is 15.8. The zero-order valence-corrected chi connectivity index (χ0v) is 13.9. The van der Waals surface area contributed by atoms with Crippen LogP contribution < -0.4 is 4.74 Å². The lowest BCUT2D eigenvalue weighted by Crippen LogP contribution is -2.44. The lowest BCUT2D eigenvalue weighted by atomic mass is 10.1. The van der Waals surface area contributed by atoms with Crippen molar-refractivity contribution in [1.82, 2.24) is 4.31 Å². The van der Waals surface area contributed by atoms with Gasteiger partial charge in [0.1, 0.15) is 4.93 Å². The highest BCUT2D eigenvalue weighted by Gasteiger charge is 2.42. The standard InChI is InChI=1S/C14H18FNO4S2/c1-19-13-3-2-11(10-12(13)15)22(17,18)16-6-4-14(5-7-16)20-8-9-21-14/h2-3,10H,4-9H2,1H3. The number of hydrogen-bond acceptors (Lipinski definition) is 5. The van der Waals surface area contributed by atoms with Crippen molar-refractivity contribution >= 4 is 21.8 Å². The van der Waals surface area contributed by atoms with Crippen LogP contribution in [0.25, 0.3) is 0 Å². The van der Waals surface area contributed by atoms with E-state index in [2.05, 4.69) is 0 Å². The van der Waals surface area contributed by atoms with Gasteiger partial charge in [-0.15, -0.1) is 11.8 Å². The average molecular weight is 347 g/mol. The molecule has 22 heavy (non-hydrogen) atoms. The maximum absolute atomic E-state index is 13.8. The third-order valence-corrected chi connectivity index (χ3v) is 7.38. The van der Waals surface area contributed by atoms with E-state index in [0.29, 0.717) is 25.9 Å². The Kier molecular flexibility index (Phi) is 4.37. The van der Waals surface area contributed by atoms with E-state index < -0.39 is 15.8 Å². The van der Waals surface area contributed by atoms with Crippen molar-refractivity contribution in [2.45, 2.75) is 22.7 Å². The molecule has 1 aromatic rings. The smallest absolute Gasteiger partial charge is 0.243 e. The molecule has 2 aliphatic heterocycles. The second-order valence-corrected chi connectivity index (χ2v) is 8.69. The van der Waals surface area contributed by atoms with Gasteiger partial charge in [0.25, 0.3) is 0 Å². The van der Waals surface area contributed by atoms with Crippen LogP contribution in [0.3, 0.4) is 0 Å². The molecule has 122 valence electrons. The number of hydrogen-bond donors (Lipinski definition) is 0. The molecule has 8 heteroatoms. The molecule has 0 unspecified atom stereocenters. The van der Waals surface area contributed by atoms with Gasteiger partial charge >= 0.3 is 0 Å². The number of nitrogens with zero attached hydrogens (tertiary/aromatic N) is 1. The number of piperidine rings is 1. The van der Waals surface area contributed by atoms with E-state index in [9.17, 15) is 12.8 Å². The predicted molar refractivity (Wildman–Crippen MR) is 82.1 cm³/mol. The molecule has 0 aliphatic carbocycles. The number of methoxy groups -OCH3 is 1. The van der Waals surface area contributed by atoms with Crippen LogP contribution in [0.4, 0.5) is 4.39 Å². The number of halogens is 1. The third kappa shape index (κ3) is 2.84. The predicted octanol–water partition coefficient (Wildman–Crippen LogP) is 2.08. The van der Waals surface area contributed by atoms with Crippen molar-refractivity contribution in [3.63, 3.8) is 0 Å². The molecular formula is C14H18FNO4S2. The van der Waals surface area contributed by atoms with Crippen molar-refractivity contribution in [3.8, 4) is 5.75 Å². The monoisotopic (exact) mass is 347 g/mol. The summed E-state index contributed by atoms with van der Waals surface area (Å²) < 4.78 is 51.0. The molecule has 1 aromatic carbocycles. The molecular weight excluding hydrogens is 329 g/mol. The Balaban J connectivity index is 1.77. The molecule has 2 saturated heterocycles. The quantitative estimate of drug-likeness (QED) is 0.838. The lowest BCUT2D eigenvalue weighted by molar-refractivity contribution is 0.0162. The Morgan fingerprint density at radius 1 is 1.36 bits per heavy atom. The van der Waals surface area contributed by atoms with Gasteiger partial charge in [0.15, 0.2) is 11.6 Å². The minimum atomic E-state index is -3.68. The molecule has 0 amide bonds. The molecule has 0 atom stereocenters. The minimum absolute atomic E-state index is 0.0345. The summed E-state index contributed by atoms with van der Waals surface area (Å²) in [4.78, 5) is -0.265. The summed E-state index contributed by atoms with van der Waals surface area (Å²) in [6, 6.07) is 3.73. The Hall–Kier alpha value is -0.830. The van der Waals surface area contributed by atoms with Crippen LogP contribution in [0, 0.1) is 5.82 Å². The highest BCUT2D eigenvalue weighted by Crippen LogP contribution is 2.42. The van der Waals surface area contributed by atoms with E-state index in [0.717, 1.165) is 18.4 Å². The van der Waals surface area contributed by atoms with Crippen molar-refractivity contribution < 1.29 is 22.3 Å². The topological polar surface area (TPSA) is 55.8 Å². The van der Waals surface area contributed by atoms with Crippen molar-refractivity contribution in [2.75, 3.05) is 32.6 Å². The minimum Gasteiger partial charge on any atom is -0.494 e. The molecule has 3 rings (SSSR count). The number of ether oxygens (including phenoxy) is 2. The van der Waals surface area contributed by atoms with E-state index in [4.69, 9.17) is 9.47 Å². The molecule has 0 saturated carbocycles. The van der Waals surface area contributed by atoms with Crippen LogP contribution in [0.2, 0.25) is 0 Å². The van der Waals surface area contributed by atoms with E-state index in [1.165, 1.54) is 23.5 Å².